The number of nitrogens with two attached hydrogens (primary N) is 1. The summed E-state index contributed by atoms with van der Waals surface area (Å²) in [5, 5.41) is 1.17. The summed E-state index contributed by atoms with van der Waals surface area (Å²) in [7, 11) is 0. The maximum absolute atomic E-state index is 5.87. The van der Waals surface area contributed by atoms with Gasteiger partial charge in [0.1, 0.15) is 0 Å². The van der Waals surface area contributed by atoms with Crippen molar-refractivity contribution < 1.29 is 4.74 Å². The van der Waals surface area contributed by atoms with Crippen LogP contribution in [-0.4, -0.2) is 42.2 Å². The molecule has 0 bridgehead atoms. The molecule has 0 amide bonds. The monoisotopic (exact) mass is 297 g/mol. The summed E-state index contributed by atoms with van der Waals surface area (Å²) in [5.74, 6) is 0. The molecule has 0 spiro atoms. The molecule has 1 aromatic rings. The molecule has 2 N–H and O–H groups in total. The van der Waals surface area contributed by atoms with Crippen molar-refractivity contribution in [1.82, 2.24) is 9.88 Å². The first kappa shape index (κ1) is 15.9. The van der Waals surface area contributed by atoms with Crippen LogP contribution in [0.2, 0.25) is 0 Å². The fraction of sp³-hybridized carbons (Fsp3) is 0.800. The van der Waals surface area contributed by atoms with Gasteiger partial charge in [-0.05, 0) is 46.6 Å². The van der Waals surface area contributed by atoms with Crippen LogP contribution < -0.4 is 5.73 Å². The highest BCUT2D eigenvalue weighted by Crippen LogP contribution is 2.31. The Labute approximate surface area is 126 Å². The lowest BCUT2D eigenvalue weighted by atomic mass is 10.0. The highest BCUT2D eigenvalue weighted by Gasteiger charge is 2.25. The molecular weight excluding hydrogens is 270 g/mol. The number of likely N-dealkylation sites (tertiary alicyclic amines) is 1. The van der Waals surface area contributed by atoms with Gasteiger partial charge in [-0.25, -0.2) is 4.98 Å². The summed E-state index contributed by atoms with van der Waals surface area (Å²) in [6.45, 7) is 10.3. The van der Waals surface area contributed by atoms with Crippen LogP contribution in [0.4, 0.5) is 0 Å². The van der Waals surface area contributed by atoms with Gasteiger partial charge in [0.2, 0.25) is 0 Å². The molecule has 20 heavy (non-hydrogen) atoms. The van der Waals surface area contributed by atoms with Crippen LogP contribution in [-0.2, 0) is 4.74 Å². The Morgan fingerprint density at radius 2 is 2.10 bits per heavy atom. The molecule has 0 saturated carbocycles. The predicted octanol–water partition coefficient (Wildman–Crippen LogP) is 2.65. The molecule has 114 valence electrons. The van der Waals surface area contributed by atoms with Crippen LogP contribution in [0.3, 0.4) is 0 Å². The van der Waals surface area contributed by atoms with Crippen LogP contribution in [0.15, 0.2) is 0 Å². The Balaban J connectivity index is 1.82. The Morgan fingerprint density at radius 1 is 1.40 bits per heavy atom. The van der Waals surface area contributed by atoms with Gasteiger partial charge in [0.15, 0.2) is 0 Å². The summed E-state index contributed by atoms with van der Waals surface area (Å²) < 4.78 is 5.87. The third kappa shape index (κ3) is 4.01. The molecule has 1 aromatic heterocycles. The first-order chi connectivity index (χ1) is 9.61. The lowest BCUT2D eigenvalue weighted by molar-refractivity contribution is -0.000495. The Bertz CT molecular complexity index is 413. The number of thiazole rings is 1. The van der Waals surface area contributed by atoms with E-state index in [4.69, 9.17) is 10.5 Å². The minimum Gasteiger partial charge on any atom is -0.378 e. The minimum atomic E-state index is 0.425. The quantitative estimate of drug-likeness (QED) is 0.820. The number of rotatable bonds is 6. The second-order valence-electron chi connectivity index (χ2n) is 5.61. The zero-order chi connectivity index (χ0) is 14.5. The van der Waals surface area contributed by atoms with E-state index < -0.39 is 0 Å². The normalized spacial score (nSPS) is 19.4. The lowest BCUT2D eigenvalue weighted by Gasteiger charge is -2.35. The fourth-order valence-electron chi connectivity index (χ4n) is 2.86. The van der Waals surface area contributed by atoms with Crippen molar-refractivity contribution in [3.63, 3.8) is 0 Å². The van der Waals surface area contributed by atoms with E-state index in [-0.39, 0.29) is 0 Å². The molecule has 1 saturated heterocycles. The number of aromatic nitrogens is 1. The Kier molecular flexibility index (Phi) is 5.96. The molecule has 1 aliphatic heterocycles. The predicted molar refractivity (Wildman–Crippen MR) is 84.2 cm³/mol. The molecule has 2 heterocycles. The van der Waals surface area contributed by atoms with Crippen LogP contribution in [0, 0.1) is 13.8 Å². The van der Waals surface area contributed by atoms with E-state index >= 15 is 0 Å². The van der Waals surface area contributed by atoms with Crippen LogP contribution >= 0.6 is 11.3 Å². The van der Waals surface area contributed by atoms with Crippen molar-refractivity contribution in [3.05, 3.63) is 15.6 Å². The molecule has 0 aromatic carbocycles. The first-order valence-corrected chi connectivity index (χ1v) is 8.43. The summed E-state index contributed by atoms with van der Waals surface area (Å²) in [6, 6.07) is 0.478. The van der Waals surface area contributed by atoms with Crippen molar-refractivity contribution in [2.45, 2.75) is 52.2 Å². The number of hydrogen-bond acceptors (Lipinski definition) is 5. The van der Waals surface area contributed by atoms with Crippen LogP contribution in [0.5, 0.6) is 0 Å². The minimum absolute atomic E-state index is 0.425. The maximum Gasteiger partial charge on any atom is 0.0900 e. The second kappa shape index (κ2) is 7.50. The van der Waals surface area contributed by atoms with Crippen molar-refractivity contribution in [1.29, 1.82) is 0 Å². The maximum atomic E-state index is 5.87. The molecule has 1 atom stereocenters. The van der Waals surface area contributed by atoms with Gasteiger partial charge in [0, 0.05) is 30.6 Å². The van der Waals surface area contributed by atoms with Crippen molar-refractivity contribution >= 4 is 11.3 Å². The van der Waals surface area contributed by atoms with E-state index in [2.05, 4.69) is 30.7 Å². The van der Waals surface area contributed by atoms with E-state index in [1.165, 1.54) is 15.6 Å². The molecule has 5 heteroatoms. The Morgan fingerprint density at radius 3 is 2.65 bits per heavy atom. The molecular formula is C15H27N3OS. The van der Waals surface area contributed by atoms with Gasteiger partial charge >= 0.3 is 0 Å². The summed E-state index contributed by atoms with van der Waals surface area (Å²) in [5.41, 5.74) is 6.69. The molecule has 1 fully saturated rings. The molecule has 1 aliphatic rings. The topological polar surface area (TPSA) is 51.4 Å². The number of nitrogens with zero attached hydrogens (tertiary/aromatic N) is 2. The van der Waals surface area contributed by atoms with Crippen LogP contribution in [0.25, 0.3) is 0 Å². The number of piperidine rings is 1. The van der Waals surface area contributed by atoms with E-state index in [0.29, 0.717) is 12.1 Å². The van der Waals surface area contributed by atoms with Gasteiger partial charge in [0.05, 0.1) is 16.8 Å². The van der Waals surface area contributed by atoms with E-state index in [0.717, 1.165) is 45.5 Å². The first-order valence-electron chi connectivity index (χ1n) is 7.61. The van der Waals surface area contributed by atoms with E-state index in [1.54, 1.807) is 0 Å². The molecule has 4 nitrogen and oxygen atoms in total. The standard InChI is InChI=1S/C15H27N3OS/c1-11-15(20-13(3)17-11)12(2)18-8-5-14(6-9-18)19-10-4-7-16/h12,14H,4-10,16H2,1-3H3. The van der Waals surface area contributed by atoms with Gasteiger partial charge in [-0.3, -0.25) is 4.90 Å². The van der Waals surface area contributed by atoms with Gasteiger partial charge in [-0.2, -0.15) is 0 Å². The number of ether oxygens (including phenoxy) is 1. The molecule has 2 rings (SSSR count). The highest BCUT2D eigenvalue weighted by atomic mass is 32.1. The van der Waals surface area contributed by atoms with E-state index in [9.17, 15) is 0 Å². The van der Waals surface area contributed by atoms with Gasteiger partial charge in [0.25, 0.3) is 0 Å². The summed E-state index contributed by atoms with van der Waals surface area (Å²) >= 11 is 1.84. The number of aryl methyl sites for hydroxylation is 2. The Hall–Kier alpha value is -0.490. The molecule has 0 radical (unpaired) electrons. The SMILES string of the molecule is Cc1nc(C)c(C(C)N2CCC(OCCCN)CC2)s1. The van der Waals surface area contributed by atoms with Gasteiger partial charge in [-0.15, -0.1) is 11.3 Å². The second-order valence-corrected chi connectivity index (χ2v) is 6.84. The van der Waals surface area contributed by atoms with Crippen LogP contribution in [0.1, 0.15) is 47.8 Å². The zero-order valence-corrected chi connectivity index (χ0v) is 13.7. The smallest absolute Gasteiger partial charge is 0.0900 e. The molecule has 0 aliphatic carbocycles. The van der Waals surface area contributed by atoms with Crippen molar-refractivity contribution in [2.75, 3.05) is 26.2 Å². The highest BCUT2D eigenvalue weighted by molar-refractivity contribution is 7.11. The summed E-state index contributed by atoms with van der Waals surface area (Å²) in [4.78, 5) is 8.53. The van der Waals surface area contributed by atoms with Gasteiger partial charge in [-0.1, -0.05) is 0 Å². The average molecular weight is 297 g/mol. The average Bonchev–Trinajstić information content (AvgIpc) is 2.78. The zero-order valence-electron chi connectivity index (χ0n) is 12.9. The van der Waals surface area contributed by atoms with E-state index in [1.807, 2.05) is 11.3 Å². The fourth-order valence-corrected chi connectivity index (χ4v) is 3.88. The van der Waals surface area contributed by atoms with Gasteiger partial charge < -0.3 is 10.5 Å². The lowest BCUT2D eigenvalue weighted by Crippen LogP contribution is -2.38. The van der Waals surface area contributed by atoms with Crippen molar-refractivity contribution in [2.24, 2.45) is 5.73 Å². The largest absolute Gasteiger partial charge is 0.378 e. The summed E-state index contributed by atoms with van der Waals surface area (Å²) in [6.07, 6.45) is 3.65. The number of hydrogen-bond donors (Lipinski definition) is 1. The molecule has 1 unspecified atom stereocenters. The third-order valence-corrected chi connectivity index (χ3v) is 5.29. The van der Waals surface area contributed by atoms with Crippen molar-refractivity contribution in [3.8, 4) is 0 Å². The third-order valence-electron chi connectivity index (χ3n) is 4.05.